The monoisotopic (exact) mass is 552 g/mol. The number of unbranched alkanes of at least 4 members (excludes halogenated alkanes) is 1. The summed E-state index contributed by atoms with van der Waals surface area (Å²) in [4.78, 5) is 0. The number of hydrogen-bond donors (Lipinski definition) is 1. The fourth-order valence-corrected chi connectivity index (χ4v) is 3.07. The van der Waals surface area contributed by atoms with Crippen molar-refractivity contribution in [1.29, 1.82) is 0 Å². The summed E-state index contributed by atoms with van der Waals surface area (Å²) in [7, 11) is 0. The zero-order valence-electron chi connectivity index (χ0n) is 31.3. The molecule has 0 aliphatic carbocycles. The summed E-state index contributed by atoms with van der Waals surface area (Å²) in [5.74, 6) is 2.71. The van der Waals surface area contributed by atoms with Crippen LogP contribution in [0, 0.1) is 23.7 Å². The molecular weight excluding hydrogens is 470 g/mol. The van der Waals surface area contributed by atoms with E-state index < -0.39 is 0 Å². The summed E-state index contributed by atoms with van der Waals surface area (Å²) in [6.07, 6.45) is 16.3. The van der Waals surface area contributed by atoms with Crippen molar-refractivity contribution in [3.8, 4) is 0 Å². The molecule has 0 radical (unpaired) electrons. The van der Waals surface area contributed by atoms with Gasteiger partial charge in [0.05, 0.1) is 0 Å². The van der Waals surface area contributed by atoms with Crippen LogP contribution in [-0.4, -0.2) is 12.6 Å². The first-order valence-corrected chi connectivity index (χ1v) is 17.1. The van der Waals surface area contributed by atoms with Crippen LogP contribution in [-0.2, 0) is 0 Å². The molecule has 0 saturated carbocycles. The lowest BCUT2D eigenvalue weighted by atomic mass is 9.91. The summed E-state index contributed by atoms with van der Waals surface area (Å²) in [6, 6.07) is 0.531. The van der Waals surface area contributed by atoms with Crippen LogP contribution in [0.1, 0.15) is 164 Å². The quantitative estimate of drug-likeness (QED) is 0.212. The summed E-state index contributed by atoms with van der Waals surface area (Å²) in [5, 5.41) is 3.84. The van der Waals surface area contributed by atoms with E-state index in [9.17, 15) is 0 Å². The van der Waals surface area contributed by atoms with Gasteiger partial charge in [0.2, 0.25) is 0 Å². The van der Waals surface area contributed by atoms with Gasteiger partial charge in [0, 0.05) is 6.04 Å². The van der Waals surface area contributed by atoms with Crippen LogP contribution >= 0.6 is 0 Å². The van der Waals surface area contributed by atoms with Crippen LogP contribution in [0.3, 0.4) is 0 Å². The molecule has 0 aliphatic heterocycles. The van der Waals surface area contributed by atoms with E-state index >= 15 is 0 Å². The van der Waals surface area contributed by atoms with Crippen LogP contribution < -0.4 is 5.32 Å². The van der Waals surface area contributed by atoms with Crippen LogP contribution in [0.25, 0.3) is 0 Å². The highest BCUT2D eigenvalue weighted by atomic mass is 14.9. The molecule has 0 amide bonds. The molecule has 1 nitrogen and oxygen atoms in total. The molecular formula is C38H81N. The van der Waals surface area contributed by atoms with Crippen molar-refractivity contribution in [2.24, 2.45) is 23.7 Å². The lowest BCUT2D eigenvalue weighted by molar-refractivity contribution is 0.362. The highest BCUT2D eigenvalue weighted by molar-refractivity contribution is 5.46. The molecule has 0 rings (SSSR count). The third kappa shape index (κ3) is 31.3. The lowest BCUT2D eigenvalue weighted by Gasteiger charge is -2.24. The molecule has 238 valence electrons. The van der Waals surface area contributed by atoms with Crippen molar-refractivity contribution in [2.75, 3.05) is 6.54 Å². The first-order valence-electron chi connectivity index (χ1n) is 17.1. The second kappa shape index (κ2) is 41.4. The molecule has 0 spiro atoms. The van der Waals surface area contributed by atoms with E-state index in [1.165, 1.54) is 23.1 Å². The standard InChI is InChI=1S/C28H51N.5C2H6/c1-11-14-15-16-28(24(9)18-17-23(8)21(4)5)26(12-2)19-27(13-3)29-20-25(10)22(6)7;5*1-2/h12,15-18,21-23,25,27,29H,11,13-14,19-20H2,1-10H3;5*1-2H3/b16-15-,18-17+,26-12-,28-24+;;;;;/t23-,25?,27+;;;;;/m0...../s1. The van der Waals surface area contributed by atoms with Gasteiger partial charge in [-0.05, 0) is 80.0 Å². The van der Waals surface area contributed by atoms with Crippen molar-refractivity contribution < 1.29 is 0 Å². The Morgan fingerprint density at radius 2 is 1.21 bits per heavy atom. The number of rotatable bonds is 14. The van der Waals surface area contributed by atoms with Gasteiger partial charge in [-0.15, -0.1) is 0 Å². The molecule has 0 aromatic carbocycles. The van der Waals surface area contributed by atoms with Gasteiger partial charge in [-0.1, -0.05) is 161 Å². The highest BCUT2D eigenvalue weighted by Crippen LogP contribution is 2.25. The van der Waals surface area contributed by atoms with Crippen molar-refractivity contribution in [3.63, 3.8) is 0 Å². The third-order valence-electron chi connectivity index (χ3n) is 6.39. The molecule has 3 atom stereocenters. The topological polar surface area (TPSA) is 12.0 Å². The average molecular weight is 552 g/mol. The Hall–Kier alpha value is -1.08. The van der Waals surface area contributed by atoms with E-state index in [4.69, 9.17) is 0 Å². The number of hydrogen-bond acceptors (Lipinski definition) is 1. The molecule has 39 heavy (non-hydrogen) atoms. The first-order chi connectivity index (χ1) is 18.7. The molecule has 0 saturated heterocycles. The summed E-state index contributed by atoms with van der Waals surface area (Å²) >= 11 is 0. The molecule has 1 N–H and O–H groups in total. The number of allylic oxidation sites excluding steroid dienone is 7. The second-order valence-corrected chi connectivity index (χ2v) is 9.50. The molecule has 0 bridgehead atoms. The second-order valence-electron chi connectivity index (χ2n) is 9.50. The minimum atomic E-state index is 0.531. The van der Waals surface area contributed by atoms with E-state index in [2.05, 4.69) is 105 Å². The van der Waals surface area contributed by atoms with E-state index in [1.807, 2.05) is 69.2 Å². The van der Waals surface area contributed by atoms with Gasteiger partial charge in [0.1, 0.15) is 0 Å². The third-order valence-corrected chi connectivity index (χ3v) is 6.39. The normalized spacial score (nSPS) is 13.7. The first kappa shape index (κ1) is 50.7. The minimum absolute atomic E-state index is 0.531. The molecule has 0 aliphatic rings. The average Bonchev–Trinajstić information content (AvgIpc) is 2.99. The van der Waals surface area contributed by atoms with Crippen molar-refractivity contribution in [2.45, 2.75) is 170 Å². The van der Waals surface area contributed by atoms with Crippen molar-refractivity contribution >= 4 is 0 Å². The fourth-order valence-electron chi connectivity index (χ4n) is 3.07. The van der Waals surface area contributed by atoms with Gasteiger partial charge in [0.15, 0.2) is 0 Å². The van der Waals surface area contributed by atoms with E-state index in [-0.39, 0.29) is 0 Å². The highest BCUT2D eigenvalue weighted by Gasteiger charge is 2.14. The van der Waals surface area contributed by atoms with E-state index in [0.29, 0.717) is 23.8 Å². The Bertz CT molecular complexity index is 545. The maximum Gasteiger partial charge on any atom is 0.0105 e. The van der Waals surface area contributed by atoms with Crippen molar-refractivity contribution in [1.82, 2.24) is 5.32 Å². The maximum absolute atomic E-state index is 3.84. The predicted molar refractivity (Wildman–Crippen MR) is 191 cm³/mol. The van der Waals surface area contributed by atoms with Crippen LogP contribution in [0.5, 0.6) is 0 Å². The molecule has 1 heteroatoms. The summed E-state index contributed by atoms with van der Waals surface area (Å²) in [5.41, 5.74) is 4.25. The molecule has 0 heterocycles. The largest absolute Gasteiger partial charge is 0.313 e. The summed E-state index contributed by atoms with van der Waals surface area (Å²) in [6.45, 7) is 44.0. The lowest BCUT2D eigenvalue weighted by Crippen LogP contribution is -2.34. The molecule has 1 unspecified atom stereocenters. The maximum atomic E-state index is 3.84. The van der Waals surface area contributed by atoms with Gasteiger partial charge in [-0.25, -0.2) is 0 Å². The Morgan fingerprint density at radius 1 is 0.718 bits per heavy atom. The van der Waals surface area contributed by atoms with Crippen LogP contribution in [0.2, 0.25) is 0 Å². The Labute approximate surface area is 252 Å². The Balaban J connectivity index is -0.000000242. The van der Waals surface area contributed by atoms with Gasteiger partial charge >= 0.3 is 0 Å². The Kier molecular flexibility index (Phi) is 53.9. The molecule has 0 aromatic rings. The zero-order valence-corrected chi connectivity index (χ0v) is 31.3. The fraction of sp³-hybridized carbons (Fsp3) is 0.789. The van der Waals surface area contributed by atoms with E-state index in [1.54, 1.807) is 0 Å². The SMILES string of the molecule is CC.CC.CC.CC.CC.C\C=C(C[C@@H](CC)NCC(C)C(C)C)/C(/C=C\CCC)=C(C)/C=C/[C@H](C)C(C)C. The number of nitrogens with one attached hydrogen (secondary N) is 1. The predicted octanol–water partition coefficient (Wildman–Crippen LogP) is 13.6. The Morgan fingerprint density at radius 3 is 1.56 bits per heavy atom. The van der Waals surface area contributed by atoms with Crippen molar-refractivity contribution in [3.05, 3.63) is 47.1 Å². The van der Waals surface area contributed by atoms with Gasteiger partial charge < -0.3 is 5.32 Å². The van der Waals surface area contributed by atoms with Gasteiger partial charge in [-0.2, -0.15) is 0 Å². The minimum Gasteiger partial charge on any atom is -0.313 e. The van der Waals surface area contributed by atoms with Crippen LogP contribution in [0.4, 0.5) is 0 Å². The van der Waals surface area contributed by atoms with E-state index in [0.717, 1.165) is 31.7 Å². The summed E-state index contributed by atoms with van der Waals surface area (Å²) < 4.78 is 0. The zero-order chi connectivity index (χ0) is 32.4. The molecule has 0 fully saturated rings. The molecule has 0 aromatic heterocycles. The van der Waals surface area contributed by atoms with Gasteiger partial charge in [0.25, 0.3) is 0 Å². The van der Waals surface area contributed by atoms with Crippen LogP contribution in [0.15, 0.2) is 47.1 Å². The smallest absolute Gasteiger partial charge is 0.0105 e. The van der Waals surface area contributed by atoms with Gasteiger partial charge in [-0.3, -0.25) is 0 Å².